The van der Waals surface area contributed by atoms with Crippen LogP contribution in [0, 0.1) is 0 Å². The Bertz CT molecular complexity index is 838. The van der Waals surface area contributed by atoms with E-state index >= 15 is 0 Å². The molecule has 3 rings (SSSR count). The topological polar surface area (TPSA) is 69.0 Å². The predicted octanol–water partition coefficient (Wildman–Crippen LogP) is 3.72. The van der Waals surface area contributed by atoms with Crippen molar-refractivity contribution in [2.24, 2.45) is 0 Å². The highest BCUT2D eigenvalue weighted by Crippen LogP contribution is 2.32. The van der Waals surface area contributed by atoms with Crippen molar-refractivity contribution in [2.75, 3.05) is 11.9 Å². The maximum Gasteiger partial charge on any atom is 0.275 e. The molecule has 0 saturated carbocycles. The summed E-state index contributed by atoms with van der Waals surface area (Å²) in [5.41, 5.74) is 1.29. The zero-order valence-corrected chi connectivity index (χ0v) is 14.1. The van der Waals surface area contributed by atoms with Gasteiger partial charge in [-0.1, -0.05) is 17.4 Å². The van der Waals surface area contributed by atoms with Gasteiger partial charge in [0.2, 0.25) is 0 Å². The molecule has 2 aromatic heterocycles. The van der Waals surface area contributed by atoms with Crippen LogP contribution < -0.4 is 10.1 Å². The van der Waals surface area contributed by atoms with E-state index in [1.807, 2.05) is 39.0 Å². The van der Waals surface area contributed by atoms with E-state index in [0.717, 1.165) is 16.0 Å². The molecule has 1 N–H and O–H groups in total. The molecule has 2 heterocycles. The zero-order valence-electron chi connectivity index (χ0n) is 13.2. The zero-order chi connectivity index (χ0) is 16.4. The number of carbonyl (C=O) groups is 1. The van der Waals surface area contributed by atoms with Gasteiger partial charge in [0.15, 0.2) is 5.13 Å². The Morgan fingerprint density at radius 1 is 1.39 bits per heavy atom. The fraction of sp³-hybridized carbons (Fsp3) is 0.312. The fourth-order valence-electron chi connectivity index (χ4n) is 2.32. The number of thiazole rings is 1. The summed E-state index contributed by atoms with van der Waals surface area (Å²) in [7, 11) is 0. The van der Waals surface area contributed by atoms with Crippen LogP contribution in [0.15, 0.2) is 30.5 Å². The van der Waals surface area contributed by atoms with E-state index in [1.54, 1.807) is 16.9 Å². The number of ether oxygens (including phenoxy) is 1. The third kappa shape index (κ3) is 3.05. The lowest BCUT2D eigenvalue weighted by Crippen LogP contribution is -2.18. The number of carbonyl (C=O) groups excluding carboxylic acids is 1. The summed E-state index contributed by atoms with van der Waals surface area (Å²) in [5.74, 6) is 0.516. The molecule has 0 saturated heterocycles. The van der Waals surface area contributed by atoms with Crippen molar-refractivity contribution in [1.29, 1.82) is 0 Å². The Kier molecular flexibility index (Phi) is 4.29. The average Bonchev–Trinajstić information content (AvgIpc) is 3.13. The molecule has 0 aliphatic rings. The number of rotatable bonds is 5. The van der Waals surface area contributed by atoms with Crippen LogP contribution in [0.1, 0.15) is 37.3 Å². The summed E-state index contributed by atoms with van der Waals surface area (Å²) in [6.07, 6.45) is 1.63. The third-order valence-corrected chi connectivity index (χ3v) is 4.23. The summed E-state index contributed by atoms with van der Waals surface area (Å²) < 4.78 is 8.24. The predicted molar refractivity (Wildman–Crippen MR) is 91.4 cm³/mol. The molecule has 0 fully saturated rings. The first-order valence-electron chi connectivity index (χ1n) is 7.47. The molecule has 23 heavy (non-hydrogen) atoms. The van der Waals surface area contributed by atoms with Crippen molar-refractivity contribution < 1.29 is 9.53 Å². The average molecular weight is 330 g/mol. The number of hydrogen-bond acceptors (Lipinski definition) is 5. The van der Waals surface area contributed by atoms with Crippen LogP contribution in [0.5, 0.6) is 5.75 Å². The van der Waals surface area contributed by atoms with Gasteiger partial charge in [-0.05, 0) is 39.0 Å². The van der Waals surface area contributed by atoms with Crippen molar-refractivity contribution in [3.8, 4) is 5.75 Å². The van der Waals surface area contributed by atoms with E-state index in [4.69, 9.17) is 4.74 Å². The molecule has 1 amide bonds. The van der Waals surface area contributed by atoms with Crippen LogP contribution in [0.2, 0.25) is 0 Å². The van der Waals surface area contributed by atoms with Crippen LogP contribution >= 0.6 is 11.3 Å². The highest BCUT2D eigenvalue weighted by molar-refractivity contribution is 7.22. The number of aromatic nitrogens is 3. The Labute approximate surface area is 138 Å². The molecule has 1 aromatic carbocycles. The van der Waals surface area contributed by atoms with E-state index in [9.17, 15) is 4.79 Å². The smallest absolute Gasteiger partial charge is 0.275 e. The molecule has 6 nitrogen and oxygen atoms in total. The molecule has 0 bridgehead atoms. The van der Waals surface area contributed by atoms with E-state index in [-0.39, 0.29) is 11.9 Å². The number of anilines is 1. The Morgan fingerprint density at radius 3 is 2.96 bits per heavy atom. The van der Waals surface area contributed by atoms with Crippen LogP contribution in [0.25, 0.3) is 10.2 Å². The normalized spacial score (nSPS) is 11.1. The molecule has 0 atom stereocenters. The second-order valence-electron chi connectivity index (χ2n) is 5.26. The quantitative estimate of drug-likeness (QED) is 0.774. The Hall–Kier alpha value is -2.41. The maximum absolute atomic E-state index is 12.5. The Morgan fingerprint density at radius 2 is 2.22 bits per heavy atom. The van der Waals surface area contributed by atoms with Gasteiger partial charge in [0.25, 0.3) is 5.91 Å². The molecule has 0 radical (unpaired) electrons. The molecule has 0 aliphatic carbocycles. The van der Waals surface area contributed by atoms with E-state index in [2.05, 4.69) is 15.4 Å². The minimum atomic E-state index is -0.215. The number of hydrogen-bond donors (Lipinski definition) is 1. The largest absolute Gasteiger partial charge is 0.492 e. The molecule has 0 aliphatic heterocycles. The highest BCUT2D eigenvalue weighted by atomic mass is 32.1. The van der Waals surface area contributed by atoms with Gasteiger partial charge in [0, 0.05) is 12.2 Å². The molecule has 7 heteroatoms. The molecule has 0 unspecified atom stereocenters. The van der Waals surface area contributed by atoms with Gasteiger partial charge in [-0.3, -0.25) is 14.8 Å². The summed E-state index contributed by atoms with van der Waals surface area (Å²) in [6, 6.07) is 7.58. The van der Waals surface area contributed by atoms with Crippen molar-refractivity contribution in [1.82, 2.24) is 14.8 Å². The van der Waals surface area contributed by atoms with Gasteiger partial charge in [-0.15, -0.1) is 0 Å². The van der Waals surface area contributed by atoms with Crippen LogP contribution in [0.3, 0.4) is 0 Å². The lowest BCUT2D eigenvalue weighted by molar-refractivity contribution is 0.101. The van der Waals surface area contributed by atoms with Gasteiger partial charge in [0.05, 0.1) is 11.3 Å². The fourth-order valence-corrected chi connectivity index (χ4v) is 3.19. The summed E-state index contributed by atoms with van der Waals surface area (Å²) in [6.45, 7) is 6.47. The SMILES string of the molecule is CCOc1cccc2sc(NC(=O)c3ccnn3C(C)C)nc12. The first kappa shape index (κ1) is 15.5. The molecular formula is C16H18N4O2S. The first-order chi connectivity index (χ1) is 11.1. The maximum atomic E-state index is 12.5. The third-order valence-electron chi connectivity index (χ3n) is 3.29. The van der Waals surface area contributed by atoms with Crippen molar-refractivity contribution in [3.05, 3.63) is 36.2 Å². The number of para-hydroxylation sites is 1. The lowest BCUT2D eigenvalue weighted by atomic mass is 10.3. The number of benzene rings is 1. The minimum absolute atomic E-state index is 0.116. The second kappa shape index (κ2) is 6.37. The number of amides is 1. The monoisotopic (exact) mass is 330 g/mol. The molecule has 3 aromatic rings. The highest BCUT2D eigenvalue weighted by Gasteiger charge is 2.16. The first-order valence-corrected chi connectivity index (χ1v) is 8.29. The van der Waals surface area contributed by atoms with E-state index < -0.39 is 0 Å². The number of nitrogens with zero attached hydrogens (tertiary/aromatic N) is 3. The molecule has 120 valence electrons. The van der Waals surface area contributed by atoms with Gasteiger partial charge in [-0.25, -0.2) is 4.98 Å². The number of fused-ring (bicyclic) bond motifs is 1. The lowest BCUT2D eigenvalue weighted by Gasteiger charge is -2.09. The second-order valence-corrected chi connectivity index (χ2v) is 6.29. The standard InChI is InChI=1S/C16H18N4O2S/c1-4-22-12-6-5-7-13-14(12)18-16(23-13)19-15(21)11-8-9-17-20(11)10(2)3/h5-10H,4H2,1-3H3,(H,18,19,21). The number of nitrogens with one attached hydrogen (secondary N) is 1. The summed E-state index contributed by atoms with van der Waals surface area (Å²) >= 11 is 1.42. The molecule has 0 spiro atoms. The van der Waals surface area contributed by atoms with E-state index in [1.165, 1.54) is 11.3 Å². The van der Waals surface area contributed by atoms with Crippen molar-refractivity contribution in [3.63, 3.8) is 0 Å². The van der Waals surface area contributed by atoms with Crippen LogP contribution in [-0.2, 0) is 0 Å². The molecular weight excluding hydrogens is 312 g/mol. The summed E-state index contributed by atoms with van der Waals surface area (Å²) in [5, 5.41) is 7.58. The van der Waals surface area contributed by atoms with E-state index in [0.29, 0.717) is 17.4 Å². The van der Waals surface area contributed by atoms with Crippen LogP contribution in [-0.4, -0.2) is 27.3 Å². The van der Waals surface area contributed by atoms with Gasteiger partial charge in [0.1, 0.15) is 17.0 Å². The van der Waals surface area contributed by atoms with Crippen molar-refractivity contribution >= 4 is 32.6 Å². The summed E-state index contributed by atoms with van der Waals surface area (Å²) in [4.78, 5) is 16.9. The van der Waals surface area contributed by atoms with Gasteiger partial charge < -0.3 is 4.74 Å². The Balaban J connectivity index is 1.88. The van der Waals surface area contributed by atoms with Crippen molar-refractivity contribution in [2.45, 2.75) is 26.8 Å². The van der Waals surface area contributed by atoms with Crippen LogP contribution in [0.4, 0.5) is 5.13 Å². The minimum Gasteiger partial charge on any atom is -0.492 e. The van der Waals surface area contributed by atoms with Gasteiger partial charge in [-0.2, -0.15) is 5.10 Å². The van der Waals surface area contributed by atoms with Gasteiger partial charge >= 0.3 is 0 Å².